The smallest absolute Gasteiger partial charge is 0.331 e. The monoisotopic (exact) mass is 166 g/mol. The number of rotatable bonds is 1. The molecule has 0 atom stereocenters. The van der Waals surface area contributed by atoms with Crippen molar-refractivity contribution in [3.8, 4) is 18.2 Å². The highest BCUT2D eigenvalue weighted by Crippen LogP contribution is 1.97. The summed E-state index contributed by atoms with van der Waals surface area (Å²) in [5, 5.41) is 9.05. The summed E-state index contributed by atoms with van der Waals surface area (Å²) in [6.07, 6.45) is 4.92. The predicted octanol–water partition coefficient (Wildman–Crippen LogP) is -1.12. The zero-order valence-electron chi connectivity index (χ0n) is 6.07. The summed E-state index contributed by atoms with van der Waals surface area (Å²) in [7, 11) is 0. The van der Waals surface area contributed by atoms with Gasteiger partial charge in [0.2, 0.25) is 5.88 Å². The van der Waals surface area contributed by atoms with Crippen molar-refractivity contribution < 1.29 is 5.11 Å². The zero-order chi connectivity index (χ0) is 9.14. The molecule has 0 aliphatic carbocycles. The van der Waals surface area contributed by atoms with E-state index in [-0.39, 0.29) is 6.54 Å². The molecular formula is C7H6N2O3. The third-order valence-corrected chi connectivity index (χ3v) is 1.26. The minimum absolute atomic E-state index is 0.0680. The Balaban J connectivity index is 3.41. The van der Waals surface area contributed by atoms with Gasteiger partial charge in [-0.1, -0.05) is 5.92 Å². The molecule has 0 aliphatic rings. The van der Waals surface area contributed by atoms with Gasteiger partial charge in [-0.2, -0.15) is 0 Å². The number of aromatic nitrogens is 2. The molecule has 12 heavy (non-hydrogen) atoms. The second-order valence-electron chi connectivity index (χ2n) is 2.09. The number of hydrogen-bond donors (Lipinski definition) is 2. The van der Waals surface area contributed by atoms with Crippen LogP contribution in [-0.4, -0.2) is 14.7 Å². The predicted molar refractivity (Wildman–Crippen MR) is 41.8 cm³/mol. The van der Waals surface area contributed by atoms with Crippen molar-refractivity contribution in [1.82, 2.24) is 9.55 Å². The number of terminal acetylenes is 1. The van der Waals surface area contributed by atoms with Crippen LogP contribution >= 0.6 is 0 Å². The lowest BCUT2D eigenvalue weighted by atomic mass is 10.5. The first kappa shape index (κ1) is 8.14. The maximum atomic E-state index is 10.9. The molecule has 0 radical (unpaired) electrons. The van der Waals surface area contributed by atoms with E-state index in [2.05, 4.69) is 5.92 Å². The highest BCUT2D eigenvalue weighted by Gasteiger charge is 2.01. The fourth-order valence-corrected chi connectivity index (χ4v) is 0.752. The molecule has 0 spiro atoms. The van der Waals surface area contributed by atoms with Crippen molar-refractivity contribution in [2.75, 3.05) is 0 Å². The molecule has 0 saturated carbocycles. The van der Waals surface area contributed by atoms with Crippen molar-refractivity contribution in [2.45, 2.75) is 6.54 Å². The van der Waals surface area contributed by atoms with Gasteiger partial charge in [-0.15, -0.1) is 6.42 Å². The molecule has 0 unspecified atom stereocenters. The van der Waals surface area contributed by atoms with Gasteiger partial charge in [0.25, 0.3) is 5.56 Å². The summed E-state index contributed by atoms with van der Waals surface area (Å²) in [5.74, 6) is 1.74. The Morgan fingerprint density at radius 3 is 2.83 bits per heavy atom. The van der Waals surface area contributed by atoms with Crippen LogP contribution < -0.4 is 11.2 Å². The van der Waals surface area contributed by atoms with E-state index in [1.807, 2.05) is 4.98 Å². The molecule has 2 N–H and O–H groups in total. The summed E-state index contributed by atoms with van der Waals surface area (Å²) in [6, 6.07) is 0.888. The molecule has 5 heteroatoms. The first-order valence-corrected chi connectivity index (χ1v) is 3.11. The van der Waals surface area contributed by atoms with E-state index in [9.17, 15) is 9.59 Å². The molecule has 1 rings (SSSR count). The van der Waals surface area contributed by atoms with Crippen LogP contribution in [0.3, 0.4) is 0 Å². The average Bonchev–Trinajstić information content (AvgIpc) is 1.96. The summed E-state index contributed by atoms with van der Waals surface area (Å²) in [6.45, 7) is -0.0680. The van der Waals surface area contributed by atoms with Gasteiger partial charge in [0.05, 0.1) is 12.6 Å². The van der Waals surface area contributed by atoms with Gasteiger partial charge in [0.1, 0.15) is 0 Å². The molecule has 0 saturated heterocycles. The summed E-state index contributed by atoms with van der Waals surface area (Å²) >= 11 is 0. The molecule has 5 nitrogen and oxygen atoms in total. The fraction of sp³-hybridized carbons (Fsp3) is 0.143. The molecule has 0 amide bonds. The van der Waals surface area contributed by atoms with Gasteiger partial charge in [-0.25, -0.2) is 4.79 Å². The zero-order valence-corrected chi connectivity index (χ0v) is 6.07. The number of H-pyrrole nitrogens is 1. The Bertz CT molecular complexity index is 435. The Kier molecular flexibility index (Phi) is 2.01. The third-order valence-electron chi connectivity index (χ3n) is 1.26. The van der Waals surface area contributed by atoms with Crippen LogP contribution in [0, 0.1) is 12.3 Å². The van der Waals surface area contributed by atoms with Gasteiger partial charge in [0.15, 0.2) is 0 Å². The third kappa shape index (κ3) is 1.37. The van der Waals surface area contributed by atoms with Gasteiger partial charge in [0, 0.05) is 0 Å². The lowest BCUT2D eigenvalue weighted by molar-refractivity contribution is 0.412. The molecule has 0 aromatic carbocycles. The quantitative estimate of drug-likeness (QED) is 0.518. The topological polar surface area (TPSA) is 75.1 Å². The van der Waals surface area contributed by atoms with E-state index in [0.717, 1.165) is 10.6 Å². The SMILES string of the molecule is C#CCn1c(O)cc(=O)[nH]c1=O. The normalized spacial score (nSPS) is 9.25. The van der Waals surface area contributed by atoms with Crippen LogP contribution in [0.25, 0.3) is 0 Å². The Morgan fingerprint density at radius 1 is 1.67 bits per heavy atom. The standard InChI is InChI=1S/C7H6N2O3/c1-2-3-9-6(11)4-5(10)8-7(9)12/h1,4,11H,3H2,(H,8,10,12). The van der Waals surface area contributed by atoms with E-state index < -0.39 is 17.1 Å². The number of hydrogen-bond acceptors (Lipinski definition) is 3. The molecule has 0 bridgehead atoms. The highest BCUT2D eigenvalue weighted by atomic mass is 16.3. The van der Waals surface area contributed by atoms with Gasteiger partial charge in [-0.05, 0) is 0 Å². The first-order chi connectivity index (χ1) is 5.65. The summed E-state index contributed by atoms with van der Waals surface area (Å²) < 4.78 is 0.876. The van der Waals surface area contributed by atoms with E-state index >= 15 is 0 Å². The Labute approximate surface area is 67.3 Å². The fourth-order valence-electron chi connectivity index (χ4n) is 0.752. The van der Waals surface area contributed by atoms with Crippen molar-refractivity contribution in [1.29, 1.82) is 0 Å². The van der Waals surface area contributed by atoms with Crippen LogP contribution in [0.1, 0.15) is 0 Å². The maximum Gasteiger partial charge on any atom is 0.331 e. The summed E-state index contributed by atoms with van der Waals surface area (Å²) in [5.41, 5.74) is -1.36. The van der Waals surface area contributed by atoms with Gasteiger partial charge in [-0.3, -0.25) is 14.3 Å². The van der Waals surface area contributed by atoms with E-state index in [1.165, 1.54) is 0 Å². The van der Waals surface area contributed by atoms with Crippen molar-refractivity contribution >= 4 is 0 Å². The van der Waals surface area contributed by atoms with Crippen molar-refractivity contribution in [2.24, 2.45) is 0 Å². The van der Waals surface area contributed by atoms with Crippen LogP contribution in [0.4, 0.5) is 0 Å². The second-order valence-corrected chi connectivity index (χ2v) is 2.09. The number of nitrogens with one attached hydrogen (secondary N) is 1. The number of aromatic amines is 1. The lowest BCUT2D eigenvalue weighted by Crippen LogP contribution is -2.28. The molecule has 1 aromatic heterocycles. The molecule has 1 heterocycles. The van der Waals surface area contributed by atoms with E-state index in [0.29, 0.717) is 0 Å². The van der Waals surface area contributed by atoms with E-state index in [4.69, 9.17) is 11.5 Å². The Hall–Kier alpha value is -1.96. The van der Waals surface area contributed by atoms with Crippen molar-refractivity contribution in [3.63, 3.8) is 0 Å². The molecule has 0 aliphatic heterocycles. The van der Waals surface area contributed by atoms with E-state index in [1.54, 1.807) is 0 Å². The van der Waals surface area contributed by atoms with Gasteiger partial charge < -0.3 is 5.11 Å². The van der Waals surface area contributed by atoms with Gasteiger partial charge >= 0.3 is 5.69 Å². The minimum Gasteiger partial charge on any atom is -0.494 e. The average molecular weight is 166 g/mol. The molecule has 62 valence electrons. The van der Waals surface area contributed by atoms with Crippen LogP contribution in [0.2, 0.25) is 0 Å². The molecule has 1 aromatic rings. The minimum atomic E-state index is -0.710. The molecular weight excluding hydrogens is 160 g/mol. The first-order valence-electron chi connectivity index (χ1n) is 3.11. The lowest BCUT2D eigenvalue weighted by Gasteiger charge is -2.00. The van der Waals surface area contributed by atoms with Crippen LogP contribution in [0.15, 0.2) is 15.7 Å². The highest BCUT2D eigenvalue weighted by molar-refractivity contribution is 5.07. The number of nitrogens with zero attached hydrogens (tertiary/aromatic N) is 1. The van der Waals surface area contributed by atoms with Crippen LogP contribution in [-0.2, 0) is 6.54 Å². The van der Waals surface area contributed by atoms with Crippen molar-refractivity contribution in [3.05, 3.63) is 26.9 Å². The molecule has 0 fully saturated rings. The van der Waals surface area contributed by atoms with Crippen LogP contribution in [0.5, 0.6) is 5.88 Å². The summed E-state index contributed by atoms with van der Waals surface area (Å²) in [4.78, 5) is 23.5. The Morgan fingerprint density at radius 2 is 2.33 bits per heavy atom. The largest absolute Gasteiger partial charge is 0.494 e. The maximum absolute atomic E-state index is 10.9. The number of aromatic hydroxyl groups is 1. The second kappa shape index (κ2) is 2.96.